The van der Waals surface area contributed by atoms with Crippen molar-refractivity contribution in [3.05, 3.63) is 46.9 Å². The van der Waals surface area contributed by atoms with Crippen molar-refractivity contribution in [2.24, 2.45) is 0 Å². The molecule has 0 radical (unpaired) electrons. The monoisotopic (exact) mass is 305 g/mol. The zero-order valence-electron chi connectivity index (χ0n) is 10.4. The number of nitrogens with one attached hydrogen (secondary N) is 1. The van der Waals surface area contributed by atoms with Gasteiger partial charge in [-0.15, -0.1) is 0 Å². The van der Waals surface area contributed by atoms with Crippen molar-refractivity contribution in [3.63, 3.8) is 0 Å². The molecule has 0 aliphatic rings. The van der Waals surface area contributed by atoms with Gasteiger partial charge >= 0.3 is 0 Å². The van der Waals surface area contributed by atoms with E-state index in [0.29, 0.717) is 0 Å². The van der Waals surface area contributed by atoms with E-state index in [1.54, 1.807) is 0 Å². The SMILES string of the molecule is CN(C)c1cccc(Nc2cc(Br)ccc2N)c1. The fourth-order valence-corrected chi connectivity index (χ4v) is 2.02. The van der Waals surface area contributed by atoms with E-state index in [1.165, 1.54) is 0 Å². The number of hydrogen-bond donors (Lipinski definition) is 2. The summed E-state index contributed by atoms with van der Waals surface area (Å²) < 4.78 is 1.00. The summed E-state index contributed by atoms with van der Waals surface area (Å²) in [5.41, 5.74) is 9.74. The first-order chi connectivity index (χ1) is 8.56. The maximum Gasteiger partial charge on any atom is 0.0629 e. The van der Waals surface area contributed by atoms with Crippen LogP contribution in [0.3, 0.4) is 0 Å². The summed E-state index contributed by atoms with van der Waals surface area (Å²) in [5.74, 6) is 0. The third-order valence-corrected chi connectivity index (χ3v) is 3.15. The van der Waals surface area contributed by atoms with Gasteiger partial charge in [-0.25, -0.2) is 0 Å². The van der Waals surface area contributed by atoms with Gasteiger partial charge < -0.3 is 16.0 Å². The minimum absolute atomic E-state index is 0.730. The molecule has 2 aromatic carbocycles. The number of nitrogens with zero attached hydrogens (tertiary/aromatic N) is 1. The Hall–Kier alpha value is -1.68. The van der Waals surface area contributed by atoms with E-state index in [0.717, 1.165) is 27.2 Å². The summed E-state index contributed by atoms with van der Waals surface area (Å²) in [7, 11) is 4.04. The molecule has 4 heteroatoms. The highest BCUT2D eigenvalue weighted by Gasteiger charge is 2.02. The molecular formula is C14H16BrN3. The zero-order valence-corrected chi connectivity index (χ0v) is 12.0. The summed E-state index contributed by atoms with van der Waals surface area (Å²) in [4.78, 5) is 2.06. The summed E-state index contributed by atoms with van der Waals surface area (Å²) in [5, 5.41) is 3.33. The standard InChI is InChI=1S/C14H16BrN3/c1-18(2)12-5-3-4-11(9-12)17-14-8-10(15)6-7-13(14)16/h3-9,17H,16H2,1-2H3. The maximum absolute atomic E-state index is 5.94. The van der Waals surface area contributed by atoms with Gasteiger partial charge in [0, 0.05) is 29.9 Å². The zero-order chi connectivity index (χ0) is 13.1. The molecule has 0 aliphatic heterocycles. The number of hydrogen-bond acceptors (Lipinski definition) is 3. The summed E-state index contributed by atoms with van der Waals surface area (Å²) in [6.07, 6.45) is 0. The fraction of sp³-hybridized carbons (Fsp3) is 0.143. The Kier molecular flexibility index (Phi) is 3.77. The van der Waals surface area contributed by atoms with E-state index < -0.39 is 0 Å². The lowest BCUT2D eigenvalue weighted by Crippen LogP contribution is -2.08. The number of nitrogens with two attached hydrogens (primary N) is 1. The maximum atomic E-state index is 5.94. The molecular weight excluding hydrogens is 290 g/mol. The van der Waals surface area contributed by atoms with Crippen molar-refractivity contribution < 1.29 is 0 Å². The van der Waals surface area contributed by atoms with Crippen molar-refractivity contribution in [2.75, 3.05) is 30.0 Å². The second kappa shape index (κ2) is 5.31. The van der Waals surface area contributed by atoms with Crippen molar-refractivity contribution in [1.82, 2.24) is 0 Å². The van der Waals surface area contributed by atoms with Gasteiger partial charge in [-0.2, -0.15) is 0 Å². The molecule has 0 heterocycles. The molecule has 0 bridgehead atoms. The third-order valence-electron chi connectivity index (χ3n) is 2.66. The number of halogens is 1. The molecule has 0 unspecified atom stereocenters. The van der Waals surface area contributed by atoms with Crippen LogP contribution in [0.1, 0.15) is 0 Å². The second-order valence-corrected chi connectivity index (χ2v) is 5.22. The summed E-state index contributed by atoms with van der Waals surface area (Å²) in [6.45, 7) is 0. The first-order valence-corrected chi connectivity index (χ1v) is 6.45. The van der Waals surface area contributed by atoms with E-state index in [-0.39, 0.29) is 0 Å². The first-order valence-electron chi connectivity index (χ1n) is 5.66. The molecule has 0 saturated carbocycles. The fourth-order valence-electron chi connectivity index (χ4n) is 1.65. The van der Waals surface area contributed by atoms with Crippen molar-refractivity contribution in [3.8, 4) is 0 Å². The molecule has 2 aromatic rings. The van der Waals surface area contributed by atoms with Crippen LogP contribution in [0.5, 0.6) is 0 Å². The molecule has 0 aromatic heterocycles. The minimum atomic E-state index is 0.730. The van der Waals surface area contributed by atoms with Gasteiger partial charge in [0.15, 0.2) is 0 Å². The van der Waals surface area contributed by atoms with Crippen LogP contribution in [-0.4, -0.2) is 14.1 Å². The number of anilines is 4. The number of rotatable bonds is 3. The summed E-state index contributed by atoms with van der Waals surface area (Å²) in [6, 6.07) is 14.0. The molecule has 94 valence electrons. The minimum Gasteiger partial charge on any atom is -0.397 e. The number of benzene rings is 2. The molecule has 0 spiro atoms. The Balaban J connectivity index is 2.28. The van der Waals surface area contributed by atoms with Crippen molar-refractivity contribution >= 4 is 38.7 Å². The van der Waals surface area contributed by atoms with Gasteiger partial charge in [0.25, 0.3) is 0 Å². The third kappa shape index (κ3) is 2.96. The Morgan fingerprint density at radius 2 is 1.89 bits per heavy atom. The van der Waals surface area contributed by atoms with E-state index in [1.807, 2.05) is 44.4 Å². The molecule has 0 atom stereocenters. The molecule has 3 nitrogen and oxygen atoms in total. The Morgan fingerprint density at radius 3 is 2.61 bits per heavy atom. The average molecular weight is 306 g/mol. The van der Waals surface area contributed by atoms with Crippen molar-refractivity contribution in [2.45, 2.75) is 0 Å². The predicted octanol–water partition coefficient (Wildman–Crippen LogP) is 3.84. The van der Waals surface area contributed by atoms with Crippen LogP contribution in [0.2, 0.25) is 0 Å². The lowest BCUT2D eigenvalue weighted by molar-refractivity contribution is 1.13. The van der Waals surface area contributed by atoms with Gasteiger partial charge in [-0.3, -0.25) is 0 Å². The van der Waals surface area contributed by atoms with Gasteiger partial charge in [-0.1, -0.05) is 22.0 Å². The molecule has 0 aliphatic carbocycles. The highest BCUT2D eigenvalue weighted by molar-refractivity contribution is 9.10. The largest absolute Gasteiger partial charge is 0.397 e. The van der Waals surface area contributed by atoms with Crippen LogP contribution in [0.25, 0.3) is 0 Å². The van der Waals surface area contributed by atoms with Crippen LogP contribution in [0.15, 0.2) is 46.9 Å². The van der Waals surface area contributed by atoms with Crippen LogP contribution in [-0.2, 0) is 0 Å². The second-order valence-electron chi connectivity index (χ2n) is 4.30. The first kappa shape index (κ1) is 12.8. The smallest absolute Gasteiger partial charge is 0.0629 e. The topological polar surface area (TPSA) is 41.3 Å². The van der Waals surface area contributed by atoms with E-state index in [4.69, 9.17) is 5.73 Å². The van der Waals surface area contributed by atoms with Gasteiger partial charge in [-0.05, 0) is 36.4 Å². The lowest BCUT2D eigenvalue weighted by Gasteiger charge is -2.15. The van der Waals surface area contributed by atoms with Gasteiger partial charge in [0.2, 0.25) is 0 Å². The van der Waals surface area contributed by atoms with Crippen LogP contribution >= 0.6 is 15.9 Å². The van der Waals surface area contributed by atoms with E-state index >= 15 is 0 Å². The lowest BCUT2D eigenvalue weighted by atomic mass is 10.2. The highest BCUT2D eigenvalue weighted by Crippen LogP contribution is 2.28. The van der Waals surface area contributed by atoms with Crippen molar-refractivity contribution in [1.29, 1.82) is 0 Å². The van der Waals surface area contributed by atoms with E-state index in [9.17, 15) is 0 Å². The van der Waals surface area contributed by atoms with Crippen LogP contribution in [0, 0.1) is 0 Å². The molecule has 0 fully saturated rings. The van der Waals surface area contributed by atoms with Gasteiger partial charge in [0.05, 0.1) is 11.4 Å². The molecule has 0 saturated heterocycles. The Labute approximate surface area is 116 Å². The van der Waals surface area contributed by atoms with Crippen LogP contribution < -0.4 is 16.0 Å². The molecule has 2 rings (SSSR count). The normalized spacial score (nSPS) is 10.2. The Bertz CT molecular complexity index is 552. The summed E-state index contributed by atoms with van der Waals surface area (Å²) >= 11 is 3.44. The Morgan fingerprint density at radius 1 is 1.11 bits per heavy atom. The molecule has 3 N–H and O–H groups in total. The quantitative estimate of drug-likeness (QED) is 0.847. The van der Waals surface area contributed by atoms with Gasteiger partial charge in [0.1, 0.15) is 0 Å². The van der Waals surface area contributed by atoms with Crippen LogP contribution in [0.4, 0.5) is 22.7 Å². The predicted molar refractivity (Wildman–Crippen MR) is 82.6 cm³/mol. The molecule has 0 amide bonds. The highest BCUT2D eigenvalue weighted by atomic mass is 79.9. The average Bonchev–Trinajstić information content (AvgIpc) is 2.34. The molecule has 18 heavy (non-hydrogen) atoms. The number of nitrogen functional groups attached to an aromatic ring is 1. The van der Waals surface area contributed by atoms with E-state index in [2.05, 4.69) is 38.3 Å².